The zero-order valence-electron chi connectivity index (χ0n) is 9.05. The molecule has 0 spiro atoms. The summed E-state index contributed by atoms with van der Waals surface area (Å²) in [6.07, 6.45) is 4.67. The van der Waals surface area contributed by atoms with Gasteiger partial charge in [-0.1, -0.05) is 29.8 Å². The Morgan fingerprint density at radius 2 is 2.12 bits per heavy atom. The van der Waals surface area contributed by atoms with E-state index in [0.29, 0.717) is 6.54 Å². The molecule has 0 fully saturated rings. The number of rotatable bonds is 2. The smallest absolute Gasteiger partial charge is 0.327 e. The number of nitrogens with zero attached hydrogens (tertiary/aromatic N) is 2. The van der Waals surface area contributed by atoms with E-state index in [-0.39, 0.29) is 6.03 Å². The highest BCUT2D eigenvalue weighted by Crippen LogP contribution is 2.02. The number of hydrogen-bond acceptors (Lipinski definition) is 2. The van der Waals surface area contributed by atoms with E-state index in [1.165, 1.54) is 16.5 Å². The molecule has 0 bridgehead atoms. The molecule has 0 radical (unpaired) electrons. The van der Waals surface area contributed by atoms with Gasteiger partial charge in [0.1, 0.15) is 6.33 Å². The summed E-state index contributed by atoms with van der Waals surface area (Å²) in [5, 5.41) is 2.80. The maximum absolute atomic E-state index is 11.6. The van der Waals surface area contributed by atoms with Crippen LogP contribution in [0.25, 0.3) is 0 Å². The minimum atomic E-state index is -0.168. The van der Waals surface area contributed by atoms with Crippen LogP contribution in [-0.2, 0) is 6.54 Å². The molecule has 2 aromatic rings. The van der Waals surface area contributed by atoms with Crippen LogP contribution in [-0.4, -0.2) is 15.6 Å². The first-order valence-corrected chi connectivity index (χ1v) is 5.07. The molecule has 2 rings (SSSR count). The molecular weight excluding hydrogens is 202 g/mol. The van der Waals surface area contributed by atoms with Gasteiger partial charge in [-0.2, -0.15) is 0 Å². The summed E-state index contributed by atoms with van der Waals surface area (Å²) in [6.45, 7) is 2.56. The first-order chi connectivity index (χ1) is 7.75. The summed E-state index contributed by atoms with van der Waals surface area (Å²) in [5.74, 6) is 0. The molecule has 1 amide bonds. The summed E-state index contributed by atoms with van der Waals surface area (Å²) >= 11 is 0. The maximum atomic E-state index is 11.6. The molecule has 1 aromatic carbocycles. The highest BCUT2D eigenvalue weighted by molar-refractivity contribution is 5.76. The van der Waals surface area contributed by atoms with Gasteiger partial charge in [0, 0.05) is 18.9 Å². The fraction of sp³-hybridized carbons (Fsp3) is 0.167. The van der Waals surface area contributed by atoms with Crippen LogP contribution in [0.1, 0.15) is 11.1 Å². The molecule has 16 heavy (non-hydrogen) atoms. The SMILES string of the molecule is Cc1ccc(CNC(=O)n2ccnc2)cc1. The number of carbonyl (C=O) groups is 1. The largest absolute Gasteiger partial charge is 0.333 e. The zero-order chi connectivity index (χ0) is 11.4. The third-order valence-corrected chi connectivity index (χ3v) is 2.30. The Kier molecular flexibility index (Phi) is 3.00. The van der Waals surface area contributed by atoms with Crippen LogP contribution in [0.3, 0.4) is 0 Å². The molecule has 4 heteroatoms. The van der Waals surface area contributed by atoms with Crippen molar-refractivity contribution in [2.24, 2.45) is 0 Å². The molecule has 0 saturated heterocycles. The first kappa shape index (κ1) is 10.4. The average molecular weight is 215 g/mol. The fourth-order valence-electron chi connectivity index (χ4n) is 1.35. The normalized spacial score (nSPS) is 10.1. The van der Waals surface area contributed by atoms with Gasteiger partial charge >= 0.3 is 6.03 Å². The van der Waals surface area contributed by atoms with Gasteiger partial charge in [-0.05, 0) is 12.5 Å². The van der Waals surface area contributed by atoms with Crippen molar-refractivity contribution >= 4 is 6.03 Å². The van der Waals surface area contributed by atoms with Crippen LogP contribution in [0.15, 0.2) is 43.0 Å². The topological polar surface area (TPSA) is 46.9 Å². The molecule has 0 unspecified atom stereocenters. The number of aromatic nitrogens is 2. The average Bonchev–Trinajstić information content (AvgIpc) is 2.81. The minimum Gasteiger partial charge on any atom is -0.333 e. The van der Waals surface area contributed by atoms with E-state index in [1.807, 2.05) is 31.2 Å². The van der Waals surface area contributed by atoms with Crippen molar-refractivity contribution in [3.05, 3.63) is 54.1 Å². The van der Waals surface area contributed by atoms with Crippen LogP contribution in [0, 0.1) is 6.92 Å². The van der Waals surface area contributed by atoms with E-state index in [1.54, 1.807) is 12.4 Å². The number of aryl methyl sites for hydroxylation is 1. The number of imidazole rings is 1. The predicted octanol–water partition coefficient (Wildman–Crippen LogP) is 1.95. The van der Waals surface area contributed by atoms with Crippen molar-refractivity contribution < 1.29 is 4.79 Å². The summed E-state index contributed by atoms with van der Waals surface area (Å²) in [6, 6.07) is 7.89. The molecule has 1 heterocycles. The molecule has 0 saturated carbocycles. The van der Waals surface area contributed by atoms with Crippen molar-refractivity contribution in [1.82, 2.24) is 14.9 Å². The Bertz CT molecular complexity index is 460. The molecule has 0 aliphatic carbocycles. The number of carbonyl (C=O) groups excluding carboxylic acids is 1. The highest BCUT2D eigenvalue weighted by atomic mass is 16.2. The molecule has 1 N–H and O–H groups in total. The van der Waals surface area contributed by atoms with E-state index in [4.69, 9.17) is 0 Å². The van der Waals surface area contributed by atoms with Crippen molar-refractivity contribution in [1.29, 1.82) is 0 Å². The maximum Gasteiger partial charge on any atom is 0.327 e. The standard InChI is InChI=1S/C12H13N3O/c1-10-2-4-11(5-3-10)8-14-12(16)15-7-6-13-9-15/h2-7,9H,8H2,1H3,(H,14,16). The lowest BCUT2D eigenvalue weighted by molar-refractivity contribution is 0.242. The van der Waals surface area contributed by atoms with E-state index in [0.717, 1.165) is 5.56 Å². The molecule has 4 nitrogen and oxygen atoms in total. The predicted molar refractivity (Wildman–Crippen MR) is 61.0 cm³/mol. The second kappa shape index (κ2) is 4.61. The van der Waals surface area contributed by atoms with Crippen molar-refractivity contribution in [3.8, 4) is 0 Å². The Labute approximate surface area is 93.9 Å². The second-order valence-corrected chi connectivity index (χ2v) is 3.61. The first-order valence-electron chi connectivity index (χ1n) is 5.07. The Balaban J connectivity index is 1.93. The van der Waals surface area contributed by atoms with Gasteiger partial charge in [-0.25, -0.2) is 9.78 Å². The molecular formula is C12H13N3O. The van der Waals surface area contributed by atoms with E-state index in [9.17, 15) is 4.79 Å². The Morgan fingerprint density at radius 1 is 1.38 bits per heavy atom. The van der Waals surface area contributed by atoms with Crippen LogP contribution in [0.4, 0.5) is 4.79 Å². The Morgan fingerprint density at radius 3 is 2.75 bits per heavy atom. The summed E-state index contributed by atoms with van der Waals surface area (Å²) < 4.78 is 1.41. The fourth-order valence-corrected chi connectivity index (χ4v) is 1.35. The minimum absolute atomic E-state index is 0.168. The quantitative estimate of drug-likeness (QED) is 0.832. The third kappa shape index (κ3) is 2.48. The summed E-state index contributed by atoms with van der Waals surface area (Å²) in [4.78, 5) is 15.4. The lowest BCUT2D eigenvalue weighted by Gasteiger charge is -2.05. The summed E-state index contributed by atoms with van der Waals surface area (Å²) in [5.41, 5.74) is 2.30. The van der Waals surface area contributed by atoms with Crippen molar-refractivity contribution in [2.45, 2.75) is 13.5 Å². The molecule has 82 valence electrons. The van der Waals surface area contributed by atoms with Crippen molar-refractivity contribution in [3.63, 3.8) is 0 Å². The zero-order valence-corrected chi connectivity index (χ0v) is 9.05. The number of hydrogen-bond donors (Lipinski definition) is 1. The molecule has 0 aliphatic heterocycles. The number of nitrogens with one attached hydrogen (secondary N) is 1. The van der Waals surface area contributed by atoms with Gasteiger partial charge in [0.2, 0.25) is 0 Å². The van der Waals surface area contributed by atoms with Gasteiger partial charge < -0.3 is 5.32 Å². The third-order valence-electron chi connectivity index (χ3n) is 2.30. The lowest BCUT2D eigenvalue weighted by Crippen LogP contribution is -2.26. The van der Waals surface area contributed by atoms with E-state index < -0.39 is 0 Å². The van der Waals surface area contributed by atoms with Crippen LogP contribution in [0.2, 0.25) is 0 Å². The van der Waals surface area contributed by atoms with Gasteiger partial charge in [-0.15, -0.1) is 0 Å². The van der Waals surface area contributed by atoms with E-state index in [2.05, 4.69) is 10.3 Å². The molecule has 1 aromatic heterocycles. The highest BCUT2D eigenvalue weighted by Gasteiger charge is 2.01. The second-order valence-electron chi connectivity index (χ2n) is 3.61. The van der Waals surface area contributed by atoms with E-state index >= 15 is 0 Å². The summed E-state index contributed by atoms with van der Waals surface area (Å²) in [7, 11) is 0. The van der Waals surface area contributed by atoms with Crippen LogP contribution < -0.4 is 5.32 Å². The number of amides is 1. The van der Waals surface area contributed by atoms with Crippen LogP contribution in [0.5, 0.6) is 0 Å². The van der Waals surface area contributed by atoms with Gasteiger partial charge in [0.05, 0.1) is 0 Å². The van der Waals surface area contributed by atoms with Gasteiger partial charge in [0.15, 0.2) is 0 Å². The van der Waals surface area contributed by atoms with Crippen molar-refractivity contribution in [2.75, 3.05) is 0 Å². The molecule has 0 atom stereocenters. The van der Waals surface area contributed by atoms with Crippen LogP contribution >= 0.6 is 0 Å². The number of benzene rings is 1. The lowest BCUT2D eigenvalue weighted by atomic mass is 10.1. The molecule has 0 aliphatic rings. The van der Waals surface area contributed by atoms with Gasteiger partial charge in [-0.3, -0.25) is 4.57 Å². The van der Waals surface area contributed by atoms with Gasteiger partial charge in [0.25, 0.3) is 0 Å². The Hall–Kier alpha value is -2.10. The monoisotopic (exact) mass is 215 g/mol.